The number of hydrogen-bond acceptors (Lipinski definition) is 4. The second-order valence-electron chi connectivity index (χ2n) is 6.14. The Hall–Kier alpha value is -2.21. The van der Waals surface area contributed by atoms with E-state index >= 15 is 0 Å². The molecule has 0 unspecified atom stereocenters. The summed E-state index contributed by atoms with van der Waals surface area (Å²) in [5.41, 5.74) is 0.657. The van der Waals surface area contributed by atoms with Crippen LogP contribution in [0.1, 0.15) is 43.0 Å². The van der Waals surface area contributed by atoms with Gasteiger partial charge in [0, 0.05) is 38.4 Å². The minimum atomic E-state index is -0.752. The van der Waals surface area contributed by atoms with Crippen LogP contribution in [0, 0.1) is 0 Å². The van der Waals surface area contributed by atoms with Crippen molar-refractivity contribution < 1.29 is 19.5 Å². The Morgan fingerprint density at radius 3 is 2.54 bits per heavy atom. The average molecular weight is 332 g/mol. The van der Waals surface area contributed by atoms with Crippen LogP contribution in [-0.4, -0.2) is 52.8 Å². The van der Waals surface area contributed by atoms with Crippen molar-refractivity contribution in [1.29, 1.82) is 0 Å². The zero-order chi connectivity index (χ0) is 17.5. The van der Waals surface area contributed by atoms with Crippen LogP contribution in [0.3, 0.4) is 0 Å². The smallest absolute Gasteiger partial charge is 0.220 e. The van der Waals surface area contributed by atoms with Gasteiger partial charge in [0.15, 0.2) is 5.78 Å². The van der Waals surface area contributed by atoms with E-state index in [4.69, 9.17) is 0 Å². The third kappa shape index (κ3) is 5.16. The van der Waals surface area contributed by atoms with Crippen molar-refractivity contribution in [2.24, 2.45) is 0 Å². The van der Waals surface area contributed by atoms with Gasteiger partial charge in [-0.05, 0) is 12.8 Å². The largest absolute Gasteiger partial charge is 0.389 e. The number of aliphatic hydroxyl groups is 1. The van der Waals surface area contributed by atoms with E-state index in [9.17, 15) is 19.5 Å². The molecule has 2 N–H and O–H groups in total. The second kappa shape index (κ2) is 8.59. The van der Waals surface area contributed by atoms with Crippen molar-refractivity contribution in [3.63, 3.8) is 0 Å². The fraction of sp³-hybridized carbons (Fsp3) is 0.500. The van der Waals surface area contributed by atoms with Gasteiger partial charge in [-0.1, -0.05) is 30.3 Å². The van der Waals surface area contributed by atoms with Crippen LogP contribution in [0.2, 0.25) is 0 Å². The second-order valence-corrected chi connectivity index (χ2v) is 6.14. The fourth-order valence-electron chi connectivity index (χ4n) is 2.84. The van der Waals surface area contributed by atoms with Crippen LogP contribution in [0.15, 0.2) is 30.3 Å². The quantitative estimate of drug-likeness (QED) is 0.765. The van der Waals surface area contributed by atoms with Gasteiger partial charge >= 0.3 is 0 Å². The van der Waals surface area contributed by atoms with Crippen LogP contribution >= 0.6 is 0 Å². The molecule has 1 aliphatic heterocycles. The number of rotatable bonds is 6. The molecular weight excluding hydrogens is 308 g/mol. The predicted molar refractivity (Wildman–Crippen MR) is 89.4 cm³/mol. The molecule has 24 heavy (non-hydrogen) atoms. The van der Waals surface area contributed by atoms with Crippen LogP contribution in [0.25, 0.3) is 0 Å². The number of aliphatic hydroxyl groups excluding tert-OH is 1. The number of hydrogen-bond donors (Lipinski definition) is 2. The van der Waals surface area contributed by atoms with E-state index < -0.39 is 6.10 Å². The third-order valence-corrected chi connectivity index (χ3v) is 4.28. The molecule has 2 rings (SSSR count). The molecule has 1 aromatic carbocycles. The summed E-state index contributed by atoms with van der Waals surface area (Å²) in [6.45, 7) is 2.24. The first-order chi connectivity index (χ1) is 11.5. The normalized spacial score (nSPS) is 20.5. The molecule has 1 aromatic rings. The Labute approximate surface area is 141 Å². The maximum atomic E-state index is 12.0. The molecule has 0 bridgehead atoms. The van der Waals surface area contributed by atoms with E-state index in [0.717, 1.165) is 0 Å². The Kier molecular flexibility index (Phi) is 6.49. The van der Waals surface area contributed by atoms with E-state index in [1.807, 2.05) is 18.2 Å². The number of amides is 2. The Bertz CT molecular complexity index is 588. The van der Waals surface area contributed by atoms with Gasteiger partial charge in [-0.15, -0.1) is 0 Å². The minimum absolute atomic E-state index is 0.0261. The average Bonchev–Trinajstić information content (AvgIpc) is 2.57. The van der Waals surface area contributed by atoms with Gasteiger partial charge in [0.2, 0.25) is 11.8 Å². The highest BCUT2D eigenvalue weighted by Crippen LogP contribution is 2.12. The summed E-state index contributed by atoms with van der Waals surface area (Å²) in [6, 6.07) is 8.68. The first-order valence-electron chi connectivity index (χ1n) is 8.28. The first kappa shape index (κ1) is 18.1. The van der Waals surface area contributed by atoms with Crippen LogP contribution in [0.5, 0.6) is 0 Å². The molecule has 2 atom stereocenters. The van der Waals surface area contributed by atoms with Crippen LogP contribution in [0.4, 0.5) is 0 Å². The summed E-state index contributed by atoms with van der Waals surface area (Å²) >= 11 is 0. The number of carbonyl (C=O) groups excluding carboxylic acids is 3. The molecule has 6 heteroatoms. The van der Waals surface area contributed by atoms with Gasteiger partial charge in [0.05, 0.1) is 12.1 Å². The zero-order valence-corrected chi connectivity index (χ0v) is 13.9. The van der Waals surface area contributed by atoms with E-state index in [2.05, 4.69) is 5.32 Å². The molecule has 1 saturated heterocycles. The molecule has 0 aliphatic carbocycles. The first-order valence-corrected chi connectivity index (χ1v) is 8.28. The molecule has 0 aromatic heterocycles. The van der Waals surface area contributed by atoms with E-state index in [0.29, 0.717) is 31.4 Å². The molecule has 0 saturated carbocycles. The van der Waals surface area contributed by atoms with Gasteiger partial charge < -0.3 is 15.3 Å². The van der Waals surface area contributed by atoms with E-state index in [1.54, 1.807) is 17.0 Å². The van der Waals surface area contributed by atoms with Gasteiger partial charge in [-0.25, -0.2) is 0 Å². The molecule has 1 heterocycles. The lowest BCUT2D eigenvalue weighted by Crippen LogP contribution is -2.54. The minimum Gasteiger partial charge on any atom is -0.389 e. The Morgan fingerprint density at radius 1 is 1.21 bits per heavy atom. The molecule has 130 valence electrons. The standard InChI is InChI=1S/C18H24N2O4/c1-13(21)20-11-10-15(17(23)12-20)19-18(24)9-5-8-16(22)14-6-3-2-4-7-14/h2-4,6-7,15,17,23H,5,8-12H2,1H3,(H,19,24)/t15-,17-/m1/s1. The number of benzene rings is 1. The van der Waals surface area contributed by atoms with E-state index in [1.165, 1.54) is 6.92 Å². The maximum Gasteiger partial charge on any atom is 0.220 e. The lowest BCUT2D eigenvalue weighted by atomic mass is 10.0. The Balaban J connectivity index is 1.70. The highest BCUT2D eigenvalue weighted by Gasteiger charge is 2.29. The predicted octanol–water partition coefficient (Wildman–Crippen LogP) is 1.14. The summed E-state index contributed by atoms with van der Waals surface area (Å²) in [7, 11) is 0. The summed E-state index contributed by atoms with van der Waals surface area (Å²) in [5.74, 6) is -0.215. The molecule has 1 fully saturated rings. The molecule has 1 aliphatic rings. The lowest BCUT2D eigenvalue weighted by Gasteiger charge is -2.35. The van der Waals surface area contributed by atoms with Crippen molar-refractivity contribution in [2.45, 2.75) is 44.8 Å². The van der Waals surface area contributed by atoms with Gasteiger partial charge in [0.1, 0.15) is 0 Å². The highest BCUT2D eigenvalue weighted by molar-refractivity contribution is 5.96. The number of ketones is 1. The summed E-state index contributed by atoms with van der Waals surface area (Å²) in [6.07, 6.45) is 0.829. The van der Waals surface area contributed by atoms with E-state index in [-0.39, 0.29) is 36.6 Å². The topological polar surface area (TPSA) is 86.7 Å². The van der Waals surface area contributed by atoms with Crippen molar-refractivity contribution in [3.05, 3.63) is 35.9 Å². The summed E-state index contributed by atoms with van der Waals surface area (Å²) in [5, 5.41) is 12.8. The van der Waals surface area contributed by atoms with Gasteiger partial charge in [-0.3, -0.25) is 14.4 Å². The lowest BCUT2D eigenvalue weighted by molar-refractivity contribution is -0.133. The molecular formula is C18H24N2O4. The SMILES string of the molecule is CC(=O)N1CC[C@@H](NC(=O)CCCC(=O)c2ccccc2)[C@H](O)C1. The van der Waals surface area contributed by atoms with Crippen molar-refractivity contribution >= 4 is 17.6 Å². The fourth-order valence-corrected chi connectivity index (χ4v) is 2.84. The monoisotopic (exact) mass is 332 g/mol. The molecule has 0 radical (unpaired) electrons. The number of carbonyl (C=O) groups is 3. The van der Waals surface area contributed by atoms with Gasteiger partial charge in [-0.2, -0.15) is 0 Å². The zero-order valence-electron chi connectivity index (χ0n) is 13.9. The number of likely N-dealkylation sites (tertiary alicyclic amines) is 1. The summed E-state index contributed by atoms with van der Waals surface area (Å²) < 4.78 is 0. The van der Waals surface area contributed by atoms with Crippen LogP contribution < -0.4 is 5.32 Å². The summed E-state index contributed by atoms with van der Waals surface area (Å²) in [4.78, 5) is 36.8. The Morgan fingerprint density at radius 2 is 1.92 bits per heavy atom. The number of Topliss-reactive ketones (excluding diaryl/α,β-unsaturated/α-hetero) is 1. The van der Waals surface area contributed by atoms with Crippen molar-refractivity contribution in [3.8, 4) is 0 Å². The molecule has 6 nitrogen and oxygen atoms in total. The van der Waals surface area contributed by atoms with Gasteiger partial charge in [0.25, 0.3) is 0 Å². The number of piperidine rings is 1. The molecule has 0 spiro atoms. The number of nitrogens with zero attached hydrogens (tertiary/aromatic N) is 1. The number of β-amino-alcohol motifs (C(OH)–C–C–N with tert-alkyl or cyclic N) is 1. The molecule has 2 amide bonds. The maximum absolute atomic E-state index is 12.0. The van der Waals surface area contributed by atoms with Crippen molar-refractivity contribution in [2.75, 3.05) is 13.1 Å². The van der Waals surface area contributed by atoms with Crippen LogP contribution in [-0.2, 0) is 9.59 Å². The highest BCUT2D eigenvalue weighted by atomic mass is 16.3. The third-order valence-electron chi connectivity index (χ3n) is 4.28. The number of nitrogens with one attached hydrogen (secondary N) is 1. The van der Waals surface area contributed by atoms with Crippen molar-refractivity contribution in [1.82, 2.24) is 10.2 Å².